The Morgan fingerprint density at radius 3 is 2.59 bits per heavy atom. The maximum atomic E-state index is 5.65. The Morgan fingerprint density at radius 1 is 1.18 bits per heavy atom. The van der Waals surface area contributed by atoms with E-state index in [4.69, 9.17) is 4.74 Å². The first-order valence-corrected chi connectivity index (χ1v) is 8.87. The third-order valence-electron chi connectivity index (χ3n) is 4.91. The molecule has 1 aromatic rings. The van der Waals surface area contributed by atoms with Crippen LogP contribution in [0.2, 0.25) is 0 Å². The van der Waals surface area contributed by atoms with Crippen LogP contribution in [0.5, 0.6) is 0 Å². The summed E-state index contributed by atoms with van der Waals surface area (Å²) >= 11 is 0. The predicted octanol–water partition coefficient (Wildman–Crippen LogP) is 3.02. The Bertz CT molecular complexity index is 440. The normalized spacial score (nSPS) is 26.5. The number of rotatable bonds is 7. The second-order valence-corrected chi connectivity index (χ2v) is 7.06. The summed E-state index contributed by atoms with van der Waals surface area (Å²) in [7, 11) is 0. The molecule has 0 amide bonds. The molecule has 1 aromatic carbocycles. The van der Waals surface area contributed by atoms with Gasteiger partial charge in [0.2, 0.25) is 0 Å². The number of nitrogens with zero attached hydrogens (tertiary/aromatic N) is 1. The molecule has 0 bridgehead atoms. The summed E-state index contributed by atoms with van der Waals surface area (Å²) in [6.45, 7) is 8.59. The van der Waals surface area contributed by atoms with Crippen LogP contribution >= 0.6 is 0 Å². The fourth-order valence-corrected chi connectivity index (χ4v) is 3.49. The summed E-state index contributed by atoms with van der Waals surface area (Å²) in [5, 5.41) is 3.88. The minimum atomic E-state index is 0.351. The lowest BCUT2D eigenvalue weighted by atomic mass is 10.0. The predicted molar refractivity (Wildman–Crippen MR) is 91.3 cm³/mol. The van der Waals surface area contributed by atoms with Crippen LogP contribution < -0.4 is 5.32 Å². The van der Waals surface area contributed by atoms with Crippen LogP contribution in [-0.4, -0.2) is 49.3 Å². The molecule has 2 fully saturated rings. The lowest BCUT2D eigenvalue weighted by Crippen LogP contribution is -2.44. The summed E-state index contributed by atoms with van der Waals surface area (Å²) in [4.78, 5) is 2.54. The molecule has 22 heavy (non-hydrogen) atoms. The van der Waals surface area contributed by atoms with Gasteiger partial charge in [0.05, 0.1) is 12.7 Å². The average Bonchev–Trinajstić information content (AvgIpc) is 3.29. The zero-order chi connectivity index (χ0) is 15.4. The highest BCUT2D eigenvalue weighted by atomic mass is 16.5. The first-order chi connectivity index (χ1) is 10.7. The van der Waals surface area contributed by atoms with Gasteiger partial charge in [-0.2, -0.15) is 0 Å². The third kappa shape index (κ3) is 4.55. The molecule has 0 radical (unpaired) electrons. The monoisotopic (exact) mass is 302 g/mol. The topological polar surface area (TPSA) is 24.5 Å². The van der Waals surface area contributed by atoms with E-state index >= 15 is 0 Å². The van der Waals surface area contributed by atoms with E-state index < -0.39 is 0 Å². The van der Waals surface area contributed by atoms with Gasteiger partial charge in [-0.15, -0.1) is 0 Å². The Kier molecular flexibility index (Phi) is 5.51. The van der Waals surface area contributed by atoms with E-state index in [1.165, 1.54) is 37.9 Å². The number of hydrogen-bond acceptors (Lipinski definition) is 3. The van der Waals surface area contributed by atoms with Gasteiger partial charge in [-0.05, 0) is 51.8 Å². The summed E-state index contributed by atoms with van der Waals surface area (Å²) in [5.74, 6) is 0.749. The molecule has 3 heteroatoms. The number of hydrogen-bond donors (Lipinski definition) is 1. The van der Waals surface area contributed by atoms with Crippen molar-refractivity contribution in [1.82, 2.24) is 10.2 Å². The third-order valence-corrected chi connectivity index (χ3v) is 4.91. The molecule has 1 aliphatic heterocycles. The fourth-order valence-electron chi connectivity index (χ4n) is 3.49. The lowest BCUT2D eigenvalue weighted by molar-refractivity contribution is 0.0526. The second kappa shape index (κ2) is 7.58. The zero-order valence-electron chi connectivity index (χ0n) is 14.0. The van der Waals surface area contributed by atoms with Crippen molar-refractivity contribution in [2.45, 2.75) is 57.2 Å². The number of likely N-dealkylation sites (tertiary alicyclic amines) is 1. The van der Waals surface area contributed by atoms with Gasteiger partial charge in [0.15, 0.2) is 0 Å². The Hall–Kier alpha value is -0.900. The van der Waals surface area contributed by atoms with Gasteiger partial charge in [-0.3, -0.25) is 0 Å². The minimum Gasteiger partial charge on any atom is -0.377 e. The van der Waals surface area contributed by atoms with Crippen molar-refractivity contribution in [3.05, 3.63) is 35.9 Å². The zero-order valence-corrected chi connectivity index (χ0v) is 14.0. The highest BCUT2D eigenvalue weighted by molar-refractivity contribution is 5.27. The standard InChI is InChI=1S/C19H30N2O/c1-15(2)22-13-12-21-10-8-17(9-11-21)20-19-14-18(19)16-6-4-3-5-7-16/h3-7,15,17-20H,8-14H2,1-2H3/t18-,19+/m0/s1. The number of ether oxygens (including phenoxy) is 1. The average molecular weight is 302 g/mol. The molecule has 1 saturated carbocycles. The first-order valence-electron chi connectivity index (χ1n) is 8.87. The maximum Gasteiger partial charge on any atom is 0.0596 e. The second-order valence-electron chi connectivity index (χ2n) is 7.06. The van der Waals surface area contributed by atoms with E-state index in [0.717, 1.165) is 19.1 Å². The molecule has 3 rings (SSSR count). The molecule has 1 saturated heterocycles. The maximum absolute atomic E-state index is 5.65. The summed E-state index contributed by atoms with van der Waals surface area (Å²) in [6, 6.07) is 12.4. The quantitative estimate of drug-likeness (QED) is 0.838. The van der Waals surface area contributed by atoms with Gasteiger partial charge >= 0.3 is 0 Å². The van der Waals surface area contributed by atoms with Crippen LogP contribution in [0.4, 0.5) is 0 Å². The van der Waals surface area contributed by atoms with Crippen molar-refractivity contribution in [3.63, 3.8) is 0 Å². The van der Waals surface area contributed by atoms with E-state index in [0.29, 0.717) is 18.2 Å². The van der Waals surface area contributed by atoms with Crippen LogP contribution in [0.15, 0.2) is 30.3 Å². The van der Waals surface area contributed by atoms with Gasteiger partial charge in [0, 0.05) is 24.5 Å². The van der Waals surface area contributed by atoms with Crippen molar-refractivity contribution in [2.75, 3.05) is 26.2 Å². The van der Waals surface area contributed by atoms with Gasteiger partial charge < -0.3 is 15.0 Å². The van der Waals surface area contributed by atoms with Crippen molar-refractivity contribution < 1.29 is 4.74 Å². The van der Waals surface area contributed by atoms with Gasteiger partial charge in [-0.25, -0.2) is 0 Å². The Balaban J connectivity index is 1.33. The van der Waals surface area contributed by atoms with Gasteiger partial charge in [-0.1, -0.05) is 30.3 Å². The van der Waals surface area contributed by atoms with E-state index in [2.05, 4.69) is 54.4 Å². The number of nitrogens with one attached hydrogen (secondary N) is 1. The van der Waals surface area contributed by atoms with Crippen molar-refractivity contribution in [3.8, 4) is 0 Å². The molecule has 1 N–H and O–H groups in total. The lowest BCUT2D eigenvalue weighted by Gasteiger charge is -2.32. The molecule has 1 heterocycles. The molecular weight excluding hydrogens is 272 g/mol. The van der Waals surface area contributed by atoms with Gasteiger partial charge in [0.1, 0.15) is 0 Å². The summed E-state index contributed by atoms with van der Waals surface area (Å²) in [5.41, 5.74) is 1.50. The Labute approximate surface area is 135 Å². The Morgan fingerprint density at radius 2 is 1.91 bits per heavy atom. The van der Waals surface area contributed by atoms with E-state index in [1.807, 2.05) is 0 Å². The molecule has 0 unspecified atom stereocenters. The molecule has 0 aromatic heterocycles. The van der Waals surface area contributed by atoms with Crippen molar-refractivity contribution in [2.24, 2.45) is 0 Å². The largest absolute Gasteiger partial charge is 0.377 e. The van der Waals surface area contributed by atoms with E-state index in [-0.39, 0.29) is 0 Å². The van der Waals surface area contributed by atoms with Crippen LogP contribution in [0.3, 0.4) is 0 Å². The summed E-state index contributed by atoms with van der Waals surface area (Å²) in [6.07, 6.45) is 4.22. The highest BCUT2D eigenvalue weighted by Gasteiger charge is 2.39. The SMILES string of the molecule is CC(C)OCCN1CCC(N[C@@H]2C[C@H]2c2ccccc2)CC1. The van der Waals surface area contributed by atoms with Crippen LogP contribution in [0.1, 0.15) is 44.6 Å². The van der Waals surface area contributed by atoms with Crippen molar-refractivity contribution in [1.29, 1.82) is 0 Å². The minimum absolute atomic E-state index is 0.351. The van der Waals surface area contributed by atoms with Crippen LogP contribution in [0, 0.1) is 0 Å². The fraction of sp³-hybridized carbons (Fsp3) is 0.684. The van der Waals surface area contributed by atoms with Gasteiger partial charge in [0.25, 0.3) is 0 Å². The van der Waals surface area contributed by atoms with E-state index in [9.17, 15) is 0 Å². The molecule has 0 spiro atoms. The van der Waals surface area contributed by atoms with Crippen molar-refractivity contribution >= 4 is 0 Å². The van der Waals surface area contributed by atoms with E-state index in [1.54, 1.807) is 0 Å². The van der Waals surface area contributed by atoms with Crippen LogP contribution in [-0.2, 0) is 4.74 Å². The highest BCUT2D eigenvalue weighted by Crippen LogP contribution is 2.41. The molecule has 2 aliphatic rings. The first kappa shape index (κ1) is 16.0. The number of piperidine rings is 1. The molecule has 122 valence electrons. The smallest absolute Gasteiger partial charge is 0.0596 e. The summed E-state index contributed by atoms with van der Waals surface area (Å²) < 4.78 is 5.65. The van der Waals surface area contributed by atoms with Crippen LogP contribution in [0.25, 0.3) is 0 Å². The molecule has 1 aliphatic carbocycles. The molecule has 2 atom stereocenters. The molecular formula is C19H30N2O. The number of benzene rings is 1. The molecule has 3 nitrogen and oxygen atoms in total.